The number of rotatable bonds is 6. The zero-order valence-electron chi connectivity index (χ0n) is 19.8. The summed E-state index contributed by atoms with van der Waals surface area (Å²) in [6.45, 7) is 8.97. The maximum Gasteiger partial charge on any atom is 0.345 e. The molecule has 0 aliphatic carbocycles. The number of aromatic nitrogens is 2. The SMILES string of the molecule is COc1cc(OC)cc(C(=O)Oc2c(S(=O)(=O)c3ccc(C)cc3)c(C)nn2C(C)(C)C)c1. The normalized spacial score (nSPS) is 11.8. The average molecular weight is 473 g/mol. The molecule has 3 aromatic rings. The molecule has 1 heterocycles. The molecule has 8 nitrogen and oxygen atoms in total. The second-order valence-electron chi connectivity index (χ2n) is 8.61. The predicted octanol–water partition coefficient (Wildman–Crippen LogP) is 4.32. The number of nitrogens with zero attached hydrogens (tertiary/aromatic N) is 2. The molecule has 176 valence electrons. The lowest BCUT2D eigenvalue weighted by Crippen LogP contribution is -2.26. The minimum atomic E-state index is -4.02. The van der Waals surface area contributed by atoms with Crippen molar-refractivity contribution in [3.8, 4) is 17.4 Å². The van der Waals surface area contributed by atoms with Gasteiger partial charge in [-0.25, -0.2) is 17.9 Å². The number of sulfone groups is 1. The van der Waals surface area contributed by atoms with Crippen molar-refractivity contribution < 1.29 is 27.4 Å². The van der Waals surface area contributed by atoms with Gasteiger partial charge in [0.25, 0.3) is 0 Å². The molecule has 0 radical (unpaired) electrons. The predicted molar refractivity (Wildman–Crippen MR) is 123 cm³/mol. The van der Waals surface area contributed by atoms with Crippen LogP contribution in [0.4, 0.5) is 0 Å². The number of methoxy groups -OCH3 is 2. The minimum absolute atomic E-state index is 0.0880. The van der Waals surface area contributed by atoms with Crippen molar-refractivity contribution in [2.45, 2.75) is 49.9 Å². The van der Waals surface area contributed by atoms with Gasteiger partial charge in [-0.3, -0.25) is 0 Å². The summed E-state index contributed by atoms with van der Waals surface area (Å²) in [5.41, 5.74) is 0.642. The fourth-order valence-electron chi connectivity index (χ4n) is 3.25. The van der Waals surface area contributed by atoms with Crippen molar-refractivity contribution in [2.75, 3.05) is 14.2 Å². The van der Waals surface area contributed by atoms with E-state index in [0.717, 1.165) is 5.56 Å². The molecule has 2 aromatic carbocycles. The first-order valence-electron chi connectivity index (χ1n) is 10.3. The van der Waals surface area contributed by atoms with Crippen LogP contribution in [0.2, 0.25) is 0 Å². The molecule has 0 saturated heterocycles. The van der Waals surface area contributed by atoms with Gasteiger partial charge in [0.1, 0.15) is 11.5 Å². The van der Waals surface area contributed by atoms with E-state index in [2.05, 4.69) is 5.10 Å². The van der Waals surface area contributed by atoms with Crippen LogP contribution in [-0.4, -0.2) is 38.4 Å². The van der Waals surface area contributed by atoms with E-state index in [-0.39, 0.29) is 26.9 Å². The Morgan fingerprint density at radius 3 is 1.97 bits per heavy atom. The number of ether oxygens (including phenoxy) is 3. The van der Waals surface area contributed by atoms with Crippen LogP contribution in [0.15, 0.2) is 52.3 Å². The highest BCUT2D eigenvalue weighted by Crippen LogP contribution is 2.36. The number of esters is 1. The summed E-state index contributed by atoms with van der Waals surface area (Å²) in [7, 11) is -1.09. The van der Waals surface area contributed by atoms with Gasteiger partial charge < -0.3 is 14.2 Å². The summed E-state index contributed by atoms with van der Waals surface area (Å²) in [4.78, 5) is 13.1. The topological polar surface area (TPSA) is 96.7 Å². The molecule has 0 atom stereocenters. The Balaban J connectivity index is 2.17. The third-order valence-electron chi connectivity index (χ3n) is 4.98. The van der Waals surface area contributed by atoms with Gasteiger partial charge in [0.2, 0.25) is 15.7 Å². The van der Waals surface area contributed by atoms with Gasteiger partial charge in [-0.15, -0.1) is 0 Å². The van der Waals surface area contributed by atoms with Gasteiger partial charge >= 0.3 is 5.97 Å². The summed E-state index contributed by atoms with van der Waals surface area (Å²) < 4.78 is 44.7. The molecule has 0 bridgehead atoms. The molecular weight excluding hydrogens is 444 g/mol. The zero-order chi connectivity index (χ0) is 24.6. The smallest absolute Gasteiger partial charge is 0.345 e. The van der Waals surface area contributed by atoms with Crippen molar-refractivity contribution in [1.29, 1.82) is 0 Å². The maximum absolute atomic E-state index is 13.6. The maximum atomic E-state index is 13.6. The van der Waals surface area contributed by atoms with Crippen molar-refractivity contribution in [1.82, 2.24) is 9.78 Å². The van der Waals surface area contributed by atoms with Gasteiger partial charge in [0.15, 0.2) is 4.90 Å². The van der Waals surface area contributed by atoms with E-state index in [4.69, 9.17) is 14.2 Å². The molecule has 0 aliphatic rings. The van der Waals surface area contributed by atoms with Gasteiger partial charge in [-0.2, -0.15) is 5.10 Å². The van der Waals surface area contributed by atoms with Crippen LogP contribution in [-0.2, 0) is 15.4 Å². The fourth-order valence-corrected chi connectivity index (χ4v) is 4.77. The summed E-state index contributed by atoms with van der Waals surface area (Å²) in [6.07, 6.45) is 0. The quantitative estimate of drug-likeness (QED) is 0.493. The largest absolute Gasteiger partial charge is 0.497 e. The van der Waals surface area contributed by atoms with Crippen molar-refractivity contribution >= 4 is 15.8 Å². The first-order chi connectivity index (χ1) is 15.4. The van der Waals surface area contributed by atoms with Crippen LogP contribution in [0.25, 0.3) is 0 Å². The Labute approximate surface area is 194 Å². The van der Waals surface area contributed by atoms with E-state index >= 15 is 0 Å². The van der Waals surface area contributed by atoms with E-state index < -0.39 is 21.3 Å². The van der Waals surface area contributed by atoms with Gasteiger partial charge in [-0.05, 0) is 58.9 Å². The lowest BCUT2D eigenvalue weighted by molar-refractivity contribution is 0.0703. The van der Waals surface area contributed by atoms with Gasteiger partial charge in [-0.1, -0.05) is 17.7 Å². The van der Waals surface area contributed by atoms with Crippen LogP contribution in [0, 0.1) is 13.8 Å². The van der Waals surface area contributed by atoms with E-state index in [1.165, 1.54) is 43.2 Å². The Bertz CT molecular complexity index is 1260. The second-order valence-corrected chi connectivity index (χ2v) is 10.5. The molecule has 0 spiro atoms. The molecule has 0 unspecified atom stereocenters. The molecule has 0 N–H and O–H groups in total. The van der Waals surface area contributed by atoms with E-state index in [1.807, 2.05) is 27.7 Å². The third kappa shape index (κ3) is 4.88. The number of hydrogen-bond donors (Lipinski definition) is 0. The zero-order valence-corrected chi connectivity index (χ0v) is 20.6. The minimum Gasteiger partial charge on any atom is -0.497 e. The first-order valence-corrected chi connectivity index (χ1v) is 11.7. The van der Waals surface area contributed by atoms with Gasteiger partial charge in [0.05, 0.1) is 35.9 Å². The summed E-state index contributed by atoms with van der Waals surface area (Å²) in [5.74, 6) is -0.117. The summed E-state index contributed by atoms with van der Waals surface area (Å²) >= 11 is 0. The lowest BCUT2D eigenvalue weighted by atomic mass is 10.1. The van der Waals surface area contributed by atoms with Crippen LogP contribution in [0.3, 0.4) is 0 Å². The Morgan fingerprint density at radius 1 is 0.939 bits per heavy atom. The average Bonchev–Trinajstić information content (AvgIpc) is 3.10. The number of carbonyl (C=O) groups excluding carboxylic acids is 1. The van der Waals surface area contributed by atoms with Gasteiger partial charge in [0, 0.05) is 6.07 Å². The van der Waals surface area contributed by atoms with Crippen LogP contribution >= 0.6 is 0 Å². The van der Waals surface area contributed by atoms with Crippen LogP contribution in [0.1, 0.15) is 42.4 Å². The van der Waals surface area contributed by atoms with E-state index in [1.54, 1.807) is 25.1 Å². The number of carbonyl (C=O) groups is 1. The van der Waals surface area contributed by atoms with Crippen LogP contribution < -0.4 is 14.2 Å². The Hall–Kier alpha value is -3.33. The lowest BCUT2D eigenvalue weighted by Gasteiger charge is -2.22. The fraction of sp³-hybridized carbons (Fsp3) is 0.333. The second kappa shape index (κ2) is 8.90. The van der Waals surface area contributed by atoms with E-state index in [9.17, 15) is 13.2 Å². The Morgan fingerprint density at radius 2 is 1.48 bits per heavy atom. The number of benzene rings is 2. The highest BCUT2D eigenvalue weighted by molar-refractivity contribution is 7.91. The summed E-state index contributed by atoms with van der Waals surface area (Å²) in [5, 5.41) is 4.42. The number of aryl methyl sites for hydroxylation is 2. The van der Waals surface area contributed by atoms with Crippen molar-refractivity contribution in [3.63, 3.8) is 0 Å². The first kappa shape index (κ1) is 24.3. The van der Waals surface area contributed by atoms with E-state index in [0.29, 0.717) is 11.5 Å². The highest BCUT2D eigenvalue weighted by atomic mass is 32.2. The number of hydrogen-bond acceptors (Lipinski definition) is 7. The molecule has 33 heavy (non-hydrogen) atoms. The van der Waals surface area contributed by atoms with Crippen molar-refractivity contribution in [3.05, 3.63) is 59.3 Å². The third-order valence-corrected chi connectivity index (χ3v) is 6.88. The molecule has 0 fully saturated rings. The monoisotopic (exact) mass is 472 g/mol. The molecule has 1 aromatic heterocycles. The highest BCUT2D eigenvalue weighted by Gasteiger charge is 2.34. The molecule has 0 saturated carbocycles. The summed E-state index contributed by atoms with van der Waals surface area (Å²) in [6, 6.07) is 11.1. The Kier molecular flexibility index (Phi) is 6.56. The molecule has 3 rings (SSSR count). The van der Waals surface area contributed by atoms with Crippen LogP contribution in [0.5, 0.6) is 17.4 Å². The molecule has 0 aliphatic heterocycles. The molecular formula is C24H28N2O6S. The molecule has 9 heteroatoms. The standard InChI is InChI=1S/C24H28N2O6S/c1-15-8-10-20(11-9-15)33(28,29)21-16(2)25-26(24(3,4)5)22(21)32-23(27)17-12-18(30-6)14-19(13-17)31-7/h8-14H,1-7H3. The molecule has 0 amide bonds. The van der Waals surface area contributed by atoms with Crippen molar-refractivity contribution in [2.24, 2.45) is 0 Å².